The van der Waals surface area contributed by atoms with Crippen LogP contribution >= 0.6 is 0 Å². The number of piperidine rings is 1. The van der Waals surface area contributed by atoms with Crippen molar-refractivity contribution in [1.82, 2.24) is 10.6 Å². The zero-order valence-electron chi connectivity index (χ0n) is 11.4. The summed E-state index contributed by atoms with van der Waals surface area (Å²) in [6, 6.07) is 0. The Balaban J connectivity index is 1.74. The third-order valence-electron chi connectivity index (χ3n) is 4.62. The normalized spacial score (nSPS) is 31.9. The number of amides is 1. The first-order chi connectivity index (χ1) is 8.60. The molecule has 0 spiro atoms. The number of nitrogens with one attached hydrogen (secondary N) is 2. The predicted molar refractivity (Wildman–Crippen MR) is 71.2 cm³/mol. The predicted octanol–water partition coefficient (Wildman–Crippen LogP) is 1.04. The Morgan fingerprint density at radius 1 is 1.28 bits per heavy atom. The third kappa shape index (κ3) is 3.45. The van der Waals surface area contributed by atoms with Gasteiger partial charge in [0.1, 0.15) is 0 Å². The molecule has 4 nitrogen and oxygen atoms in total. The summed E-state index contributed by atoms with van der Waals surface area (Å²) >= 11 is 0. The van der Waals surface area contributed by atoms with Gasteiger partial charge in [0.15, 0.2) is 0 Å². The van der Waals surface area contributed by atoms with E-state index in [2.05, 4.69) is 17.6 Å². The van der Waals surface area contributed by atoms with Crippen LogP contribution in [0.3, 0.4) is 0 Å². The lowest BCUT2D eigenvalue weighted by molar-refractivity contribution is -0.131. The Morgan fingerprint density at radius 2 is 1.89 bits per heavy atom. The van der Waals surface area contributed by atoms with Crippen LogP contribution in [0.5, 0.6) is 0 Å². The van der Waals surface area contributed by atoms with Crippen molar-refractivity contribution in [2.75, 3.05) is 19.6 Å². The highest BCUT2D eigenvalue weighted by Crippen LogP contribution is 2.29. The van der Waals surface area contributed by atoms with Gasteiger partial charge in [0.05, 0.1) is 6.10 Å². The number of hydrogen-bond acceptors (Lipinski definition) is 3. The number of aliphatic hydroxyl groups is 1. The van der Waals surface area contributed by atoms with Gasteiger partial charge >= 0.3 is 0 Å². The molecule has 0 aromatic rings. The van der Waals surface area contributed by atoms with Gasteiger partial charge in [0.25, 0.3) is 0 Å². The van der Waals surface area contributed by atoms with Crippen molar-refractivity contribution in [3.05, 3.63) is 0 Å². The van der Waals surface area contributed by atoms with Crippen LogP contribution < -0.4 is 10.6 Å². The van der Waals surface area contributed by atoms with Gasteiger partial charge in [-0.1, -0.05) is 6.92 Å². The molecular weight excluding hydrogens is 228 g/mol. The van der Waals surface area contributed by atoms with Crippen LogP contribution in [0.1, 0.15) is 45.4 Å². The minimum absolute atomic E-state index is 0.112. The fraction of sp³-hybridized carbons (Fsp3) is 0.929. The molecule has 1 saturated carbocycles. The number of hydrogen-bond donors (Lipinski definition) is 3. The lowest BCUT2D eigenvalue weighted by Gasteiger charge is -2.33. The summed E-state index contributed by atoms with van der Waals surface area (Å²) in [6.07, 6.45) is 5.62. The summed E-state index contributed by atoms with van der Waals surface area (Å²) in [5.74, 6) is 0.776. The topological polar surface area (TPSA) is 61.4 Å². The van der Waals surface area contributed by atoms with E-state index in [-0.39, 0.29) is 17.4 Å². The summed E-state index contributed by atoms with van der Waals surface area (Å²) in [6.45, 7) is 4.75. The van der Waals surface area contributed by atoms with E-state index in [9.17, 15) is 9.90 Å². The summed E-state index contributed by atoms with van der Waals surface area (Å²) in [5.41, 5.74) is -0.181. The highest BCUT2D eigenvalue weighted by molar-refractivity contribution is 5.82. The second kappa shape index (κ2) is 6.02. The average Bonchev–Trinajstić information content (AvgIpc) is 2.38. The molecule has 2 rings (SSSR count). The molecule has 1 amide bonds. The van der Waals surface area contributed by atoms with Crippen LogP contribution in [0.2, 0.25) is 0 Å². The molecule has 104 valence electrons. The van der Waals surface area contributed by atoms with Crippen molar-refractivity contribution in [3.63, 3.8) is 0 Å². The highest BCUT2D eigenvalue weighted by atomic mass is 16.3. The van der Waals surface area contributed by atoms with Crippen molar-refractivity contribution < 1.29 is 9.90 Å². The fourth-order valence-corrected chi connectivity index (χ4v) is 3.01. The first kappa shape index (κ1) is 13.8. The second-order valence-corrected chi connectivity index (χ2v) is 6.20. The minimum atomic E-state index is -0.181. The Hall–Kier alpha value is -0.610. The Morgan fingerprint density at radius 3 is 2.50 bits per heavy atom. The molecule has 2 fully saturated rings. The summed E-state index contributed by atoms with van der Waals surface area (Å²) < 4.78 is 0. The zero-order valence-corrected chi connectivity index (χ0v) is 11.4. The van der Waals surface area contributed by atoms with Crippen LogP contribution in [0, 0.1) is 11.3 Å². The van der Waals surface area contributed by atoms with Gasteiger partial charge in [0, 0.05) is 12.0 Å². The molecule has 0 radical (unpaired) electrons. The van der Waals surface area contributed by atoms with E-state index in [1.165, 1.54) is 0 Å². The molecule has 4 heteroatoms. The number of rotatable bonds is 3. The number of aliphatic hydroxyl groups excluding tert-OH is 1. The van der Waals surface area contributed by atoms with Gasteiger partial charge in [-0.25, -0.2) is 0 Å². The average molecular weight is 254 g/mol. The van der Waals surface area contributed by atoms with E-state index in [1.807, 2.05) is 0 Å². The molecule has 1 saturated heterocycles. The largest absolute Gasteiger partial charge is 0.393 e. The van der Waals surface area contributed by atoms with Crippen LogP contribution in [0.25, 0.3) is 0 Å². The molecule has 1 aliphatic carbocycles. The molecule has 1 heterocycles. The summed E-state index contributed by atoms with van der Waals surface area (Å²) in [5, 5.41) is 15.9. The SMILES string of the molecule is CC1(C(=O)NCC2CCC(O)CC2)CCNCC1. The molecule has 18 heavy (non-hydrogen) atoms. The van der Waals surface area contributed by atoms with E-state index >= 15 is 0 Å². The molecular formula is C14H26N2O2. The van der Waals surface area contributed by atoms with Gasteiger partial charge in [-0.3, -0.25) is 4.79 Å². The first-order valence-corrected chi connectivity index (χ1v) is 7.27. The van der Waals surface area contributed by atoms with Gasteiger partial charge in [-0.2, -0.15) is 0 Å². The van der Waals surface area contributed by atoms with Crippen molar-refractivity contribution in [3.8, 4) is 0 Å². The highest BCUT2D eigenvalue weighted by Gasteiger charge is 2.34. The van der Waals surface area contributed by atoms with Crippen molar-refractivity contribution in [1.29, 1.82) is 0 Å². The second-order valence-electron chi connectivity index (χ2n) is 6.20. The fourth-order valence-electron chi connectivity index (χ4n) is 3.01. The number of carbonyl (C=O) groups is 1. The van der Waals surface area contributed by atoms with Gasteiger partial charge in [0.2, 0.25) is 5.91 Å². The summed E-state index contributed by atoms with van der Waals surface area (Å²) in [7, 11) is 0. The van der Waals surface area contributed by atoms with Crippen LogP contribution in [0.4, 0.5) is 0 Å². The van der Waals surface area contributed by atoms with E-state index in [4.69, 9.17) is 0 Å². The smallest absolute Gasteiger partial charge is 0.226 e. The van der Waals surface area contributed by atoms with Crippen LogP contribution in [0.15, 0.2) is 0 Å². The van der Waals surface area contributed by atoms with Crippen molar-refractivity contribution in [2.24, 2.45) is 11.3 Å². The van der Waals surface area contributed by atoms with Crippen molar-refractivity contribution in [2.45, 2.75) is 51.6 Å². The van der Waals surface area contributed by atoms with Crippen LogP contribution in [-0.4, -0.2) is 36.8 Å². The zero-order chi connectivity index (χ0) is 13.0. The molecule has 1 aliphatic heterocycles. The first-order valence-electron chi connectivity index (χ1n) is 7.27. The Bertz CT molecular complexity index is 280. The van der Waals surface area contributed by atoms with Crippen molar-refractivity contribution >= 4 is 5.91 Å². The quantitative estimate of drug-likeness (QED) is 0.705. The monoisotopic (exact) mass is 254 g/mol. The molecule has 0 bridgehead atoms. The van der Waals surface area contributed by atoms with Gasteiger partial charge < -0.3 is 15.7 Å². The van der Waals surface area contributed by atoms with E-state index < -0.39 is 0 Å². The van der Waals surface area contributed by atoms with Gasteiger partial charge in [-0.15, -0.1) is 0 Å². The molecule has 2 aliphatic rings. The molecule has 3 N–H and O–H groups in total. The summed E-state index contributed by atoms with van der Waals surface area (Å²) in [4.78, 5) is 12.2. The molecule has 0 atom stereocenters. The molecule has 0 aromatic carbocycles. The lowest BCUT2D eigenvalue weighted by atomic mass is 9.80. The van der Waals surface area contributed by atoms with E-state index in [0.29, 0.717) is 5.92 Å². The Kier molecular flexibility index (Phi) is 4.62. The maximum absolute atomic E-state index is 12.2. The van der Waals surface area contributed by atoms with Gasteiger partial charge in [-0.05, 0) is 57.5 Å². The third-order valence-corrected chi connectivity index (χ3v) is 4.62. The Labute approximate surface area is 110 Å². The molecule has 0 unspecified atom stereocenters. The maximum atomic E-state index is 12.2. The molecule has 0 aromatic heterocycles. The van der Waals surface area contributed by atoms with E-state index in [1.54, 1.807) is 0 Å². The van der Waals surface area contributed by atoms with E-state index in [0.717, 1.165) is 58.2 Å². The standard InChI is InChI=1S/C14H26N2O2/c1-14(6-8-15-9-7-14)13(18)16-10-11-2-4-12(17)5-3-11/h11-12,15,17H,2-10H2,1H3,(H,16,18). The minimum Gasteiger partial charge on any atom is -0.393 e. The maximum Gasteiger partial charge on any atom is 0.226 e. The lowest BCUT2D eigenvalue weighted by Crippen LogP contribution is -2.47. The number of carbonyl (C=O) groups excluding carboxylic acids is 1. The van der Waals surface area contributed by atoms with Crippen LogP contribution in [-0.2, 0) is 4.79 Å².